The highest BCUT2D eigenvalue weighted by Gasteiger charge is 2.16. The van der Waals surface area contributed by atoms with Gasteiger partial charge in [0.2, 0.25) is 5.95 Å². The Hall–Kier alpha value is -2.47. The van der Waals surface area contributed by atoms with Crippen molar-refractivity contribution in [1.82, 2.24) is 15.3 Å². The van der Waals surface area contributed by atoms with Gasteiger partial charge in [-0.1, -0.05) is 24.3 Å². The molecule has 0 bridgehead atoms. The Kier molecular flexibility index (Phi) is 4.83. The van der Waals surface area contributed by atoms with Gasteiger partial charge < -0.3 is 15.0 Å². The summed E-state index contributed by atoms with van der Waals surface area (Å²) in [5, 5.41) is 2.91. The van der Waals surface area contributed by atoms with E-state index in [2.05, 4.69) is 15.3 Å². The van der Waals surface area contributed by atoms with Crippen LogP contribution in [-0.4, -0.2) is 42.2 Å². The molecule has 1 saturated heterocycles. The van der Waals surface area contributed by atoms with E-state index in [-0.39, 0.29) is 5.91 Å². The molecule has 0 aliphatic carbocycles. The number of rotatable bonds is 4. The minimum absolute atomic E-state index is 0.190. The Morgan fingerprint density at radius 3 is 2.83 bits per heavy atom. The van der Waals surface area contributed by atoms with Crippen LogP contribution in [0.15, 0.2) is 36.5 Å². The molecule has 1 fully saturated rings. The van der Waals surface area contributed by atoms with E-state index in [1.165, 1.54) is 0 Å². The van der Waals surface area contributed by atoms with Gasteiger partial charge in [-0.25, -0.2) is 9.97 Å². The van der Waals surface area contributed by atoms with Crippen LogP contribution in [0.25, 0.3) is 0 Å². The summed E-state index contributed by atoms with van der Waals surface area (Å²) < 4.78 is 5.32. The molecule has 1 aliphatic heterocycles. The minimum Gasteiger partial charge on any atom is -0.378 e. The number of carbonyl (C=O) groups excluding carboxylic acids is 1. The third kappa shape index (κ3) is 3.84. The van der Waals surface area contributed by atoms with Gasteiger partial charge >= 0.3 is 0 Å². The number of benzene rings is 1. The van der Waals surface area contributed by atoms with E-state index >= 15 is 0 Å². The molecule has 2 heterocycles. The number of carbonyl (C=O) groups is 1. The molecular weight excluding hydrogens is 292 g/mol. The first-order valence-electron chi connectivity index (χ1n) is 7.72. The molecule has 1 aromatic carbocycles. The standard InChI is InChI=1S/C17H20N4O2/c1-13-4-2-3-5-14(13)12-19-16(22)15-6-7-18-17(20-15)21-8-10-23-11-9-21/h2-7H,8-12H2,1H3,(H,19,22). The third-order valence-corrected chi connectivity index (χ3v) is 3.87. The lowest BCUT2D eigenvalue weighted by Crippen LogP contribution is -2.37. The highest BCUT2D eigenvalue weighted by Crippen LogP contribution is 2.10. The molecule has 1 aliphatic rings. The second-order valence-corrected chi connectivity index (χ2v) is 5.45. The first kappa shape index (κ1) is 15.4. The topological polar surface area (TPSA) is 67.4 Å². The van der Waals surface area contributed by atoms with Crippen molar-refractivity contribution >= 4 is 11.9 Å². The molecule has 1 N–H and O–H groups in total. The number of nitrogens with zero attached hydrogens (tertiary/aromatic N) is 3. The van der Waals surface area contributed by atoms with Crippen LogP contribution in [-0.2, 0) is 11.3 Å². The van der Waals surface area contributed by atoms with Crippen LogP contribution < -0.4 is 10.2 Å². The molecule has 1 aromatic heterocycles. The fraction of sp³-hybridized carbons (Fsp3) is 0.353. The van der Waals surface area contributed by atoms with Gasteiger partial charge in [0, 0.05) is 25.8 Å². The molecule has 23 heavy (non-hydrogen) atoms. The van der Waals surface area contributed by atoms with Crippen molar-refractivity contribution in [3.8, 4) is 0 Å². The third-order valence-electron chi connectivity index (χ3n) is 3.87. The smallest absolute Gasteiger partial charge is 0.270 e. The van der Waals surface area contributed by atoms with Gasteiger partial charge in [-0.3, -0.25) is 4.79 Å². The van der Waals surface area contributed by atoms with Crippen molar-refractivity contribution in [2.75, 3.05) is 31.2 Å². The summed E-state index contributed by atoms with van der Waals surface area (Å²) >= 11 is 0. The molecule has 6 heteroatoms. The van der Waals surface area contributed by atoms with Crippen LogP contribution in [0.1, 0.15) is 21.6 Å². The van der Waals surface area contributed by atoms with Crippen LogP contribution >= 0.6 is 0 Å². The Morgan fingerprint density at radius 2 is 2.04 bits per heavy atom. The SMILES string of the molecule is Cc1ccccc1CNC(=O)c1ccnc(N2CCOCC2)n1. The number of nitrogens with one attached hydrogen (secondary N) is 1. The fourth-order valence-corrected chi connectivity index (χ4v) is 2.47. The molecule has 0 saturated carbocycles. The Bertz CT molecular complexity index is 684. The highest BCUT2D eigenvalue weighted by molar-refractivity contribution is 5.92. The summed E-state index contributed by atoms with van der Waals surface area (Å²) in [5.41, 5.74) is 2.64. The molecule has 0 spiro atoms. The van der Waals surface area contributed by atoms with E-state index in [9.17, 15) is 4.79 Å². The molecule has 0 unspecified atom stereocenters. The maximum absolute atomic E-state index is 12.3. The van der Waals surface area contributed by atoms with Gasteiger partial charge in [0.25, 0.3) is 5.91 Å². The number of amides is 1. The summed E-state index contributed by atoms with van der Waals surface area (Å²) in [5.74, 6) is 0.391. The number of aromatic nitrogens is 2. The van der Waals surface area contributed by atoms with Crippen LogP contribution in [0.4, 0.5) is 5.95 Å². The number of hydrogen-bond acceptors (Lipinski definition) is 5. The van der Waals surface area contributed by atoms with Gasteiger partial charge in [0.05, 0.1) is 13.2 Å². The molecule has 6 nitrogen and oxygen atoms in total. The lowest BCUT2D eigenvalue weighted by atomic mass is 10.1. The maximum Gasteiger partial charge on any atom is 0.270 e. The van der Waals surface area contributed by atoms with Gasteiger partial charge in [-0.15, -0.1) is 0 Å². The van der Waals surface area contributed by atoms with E-state index < -0.39 is 0 Å². The maximum atomic E-state index is 12.3. The molecule has 3 rings (SSSR count). The quantitative estimate of drug-likeness (QED) is 0.928. The van der Waals surface area contributed by atoms with E-state index in [4.69, 9.17) is 4.74 Å². The lowest BCUT2D eigenvalue weighted by molar-refractivity contribution is 0.0945. The van der Waals surface area contributed by atoms with Crippen LogP contribution in [0.3, 0.4) is 0 Å². The molecule has 0 radical (unpaired) electrons. The predicted molar refractivity (Wildman–Crippen MR) is 87.4 cm³/mol. The normalized spacial score (nSPS) is 14.6. The molecule has 2 aromatic rings. The van der Waals surface area contributed by atoms with Crippen LogP contribution in [0.2, 0.25) is 0 Å². The number of ether oxygens (including phenoxy) is 1. The van der Waals surface area contributed by atoms with Gasteiger partial charge in [-0.2, -0.15) is 0 Å². The Balaban J connectivity index is 1.66. The van der Waals surface area contributed by atoms with Crippen molar-refractivity contribution in [3.05, 3.63) is 53.3 Å². The minimum atomic E-state index is -0.190. The first-order chi connectivity index (χ1) is 11.2. The van der Waals surface area contributed by atoms with E-state index in [0.717, 1.165) is 24.2 Å². The summed E-state index contributed by atoms with van der Waals surface area (Å²) in [6.07, 6.45) is 1.63. The van der Waals surface area contributed by atoms with Crippen LogP contribution in [0.5, 0.6) is 0 Å². The average Bonchev–Trinajstić information content (AvgIpc) is 2.62. The Labute approximate surface area is 135 Å². The van der Waals surface area contributed by atoms with Crippen molar-refractivity contribution < 1.29 is 9.53 Å². The molecule has 0 atom stereocenters. The van der Waals surface area contributed by atoms with Crippen molar-refractivity contribution in [1.29, 1.82) is 0 Å². The molecule has 120 valence electrons. The Morgan fingerprint density at radius 1 is 1.26 bits per heavy atom. The number of anilines is 1. The second kappa shape index (κ2) is 7.19. The van der Waals surface area contributed by atoms with Gasteiger partial charge in [0.1, 0.15) is 5.69 Å². The predicted octanol–water partition coefficient (Wildman–Crippen LogP) is 1.55. The summed E-state index contributed by atoms with van der Waals surface area (Å²) in [6, 6.07) is 9.63. The summed E-state index contributed by atoms with van der Waals surface area (Å²) in [6.45, 7) is 5.33. The van der Waals surface area contributed by atoms with E-state index in [1.807, 2.05) is 36.1 Å². The summed E-state index contributed by atoms with van der Waals surface area (Å²) in [4.78, 5) is 23.0. The van der Waals surface area contributed by atoms with E-state index in [0.29, 0.717) is 31.4 Å². The van der Waals surface area contributed by atoms with Crippen LogP contribution in [0, 0.1) is 6.92 Å². The first-order valence-corrected chi connectivity index (χ1v) is 7.72. The zero-order valence-corrected chi connectivity index (χ0v) is 13.2. The monoisotopic (exact) mass is 312 g/mol. The summed E-state index contributed by atoms with van der Waals surface area (Å²) in [7, 11) is 0. The van der Waals surface area contributed by atoms with Crippen molar-refractivity contribution in [2.45, 2.75) is 13.5 Å². The lowest BCUT2D eigenvalue weighted by Gasteiger charge is -2.26. The second-order valence-electron chi connectivity index (χ2n) is 5.45. The van der Waals surface area contributed by atoms with Gasteiger partial charge in [-0.05, 0) is 24.1 Å². The van der Waals surface area contributed by atoms with Crippen molar-refractivity contribution in [3.63, 3.8) is 0 Å². The number of aryl methyl sites for hydroxylation is 1. The number of morpholine rings is 1. The molecular formula is C17H20N4O2. The number of hydrogen-bond donors (Lipinski definition) is 1. The highest BCUT2D eigenvalue weighted by atomic mass is 16.5. The van der Waals surface area contributed by atoms with Crippen molar-refractivity contribution in [2.24, 2.45) is 0 Å². The molecule has 1 amide bonds. The average molecular weight is 312 g/mol. The zero-order valence-electron chi connectivity index (χ0n) is 13.2. The largest absolute Gasteiger partial charge is 0.378 e. The van der Waals surface area contributed by atoms with Gasteiger partial charge in [0.15, 0.2) is 0 Å². The van der Waals surface area contributed by atoms with E-state index in [1.54, 1.807) is 12.3 Å². The zero-order chi connectivity index (χ0) is 16.1. The fourth-order valence-electron chi connectivity index (χ4n) is 2.47.